The van der Waals surface area contributed by atoms with Crippen molar-refractivity contribution >= 4 is 22.3 Å². The largest absolute Gasteiger partial charge is 0.371 e. The van der Waals surface area contributed by atoms with E-state index in [2.05, 4.69) is 74.3 Å². The van der Waals surface area contributed by atoms with Crippen molar-refractivity contribution < 1.29 is 0 Å². The first kappa shape index (κ1) is 18.4. The minimum absolute atomic E-state index is 0.779. The third kappa shape index (κ3) is 4.08. The molecule has 150 valence electrons. The Labute approximate surface area is 173 Å². The summed E-state index contributed by atoms with van der Waals surface area (Å²) in [6.45, 7) is 8.16. The van der Waals surface area contributed by atoms with Gasteiger partial charge in [-0.3, -0.25) is 4.98 Å². The first-order chi connectivity index (χ1) is 14.4. The molecule has 2 aliphatic rings. The molecule has 2 saturated heterocycles. The fourth-order valence-electron chi connectivity index (χ4n) is 4.96. The second-order valence-electron chi connectivity index (χ2n) is 8.43. The fourth-order valence-corrected chi connectivity index (χ4v) is 4.96. The molecule has 0 radical (unpaired) electrons. The molecule has 2 fully saturated rings. The predicted octanol–water partition coefficient (Wildman–Crippen LogP) is 4.27. The van der Waals surface area contributed by atoms with Gasteiger partial charge < -0.3 is 14.7 Å². The molecule has 4 nitrogen and oxygen atoms in total. The Hall–Kier alpha value is -2.59. The molecule has 4 heteroatoms. The van der Waals surface area contributed by atoms with Crippen LogP contribution in [0.1, 0.15) is 12.8 Å². The summed E-state index contributed by atoms with van der Waals surface area (Å²) in [5.74, 6) is 0.779. The Balaban J connectivity index is 1.21. The molecule has 3 heterocycles. The Kier molecular flexibility index (Phi) is 5.35. The van der Waals surface area contributed by atoms with Crippen molar-refractivity contribution in [1.29, 1.82) is 0 Å². The number of para-hydroxylation sites is 2. The highest BCUT2D eigenvalue weighted by molar-refractivity contribution is 5.90. The first-order valence-corrected chi connectivity index (χ1v) is 11.0. The number of rotatable bonds is 4. The van der Waals surface area contributed by atoms with Crippen molar-refractivity contribution in [2.24, 2.45) is 5.92 Å². The fraction of sp³-hybridized carbons (Fsp3) is 0.400. The minimum atomic E-state index is 0.779. The molecule has 0 bridgehead atoms. The standard InChI is InChI=1S/C25H30N4/c1-2-9-23(10-3-1)29-16-12-21(20-29)19-27-14-6-15-28(18-17-27)24-11-4-7-22-8-5-13-26-25(22)24/h1-5,7-11,13,21H,6,12,14-20H2. The molecule has 0 N–H and O–H groups in total. The van der Waals surface area contributed by atoms with Gasteiger partial charge in [0.2, 0.25) is 0 Å². The van der Waals surface area contributed by atoms with Gasteiger partial charge in [0.15, 0.2) is 0 Å². The topological polar surface area (TPSA) is 22.6 Å². The van der Waals surface area contributed by atoms with Crippen LogP contribution in [0.3, 0.4) is 0 Å². The third-order valence-corrected chi connectivity index (χ3v) is 6.46. The quantitative estimate of drug-likeness (QED) is 0.668. The van der Waals surface area contributed by atoms with Gasteiger partial charge in [-0.15, -0.1) is 0 Å². The van der Waals surface area contributed by atoms with Gasteiger partial charge >= 0.3 is 0 Å². The van der Waals surface area contributed by atoms with Crippen molar-refractivity contribution in [1.82, 2.24) is 9.88 Å². The summed E-state index contributed by atoms with van der Waals surface area (Å²) in [5.41, 5.74) is 3.80. The number of benzene rings is 2. The zero-order chi connectivity index (χ0) is 19.5. The van der Waals surface area contributed by atoms with Crippen LogP contribution in [0.15, 0.2) is 66.9 Å². The average molecular weight is 387 g/mol. The van der Waals surface area contributed by atoms with Crippen molar-refractivity contribution in [2.45, 2.75) is 12.8 Å². The highest BCUT2D eigenvalue weighted by Gasteiger charge is 2.26. The molecule has 29 heavy (non-hydrogen) atoms. The van der Waals surface area contributed by atoms with E-state index in [1.165, 1.54) is 55.8 Å². The van der Waals surface area contributed by atoms with Crippen LogP contribution in [0.4, 0.5) is 11.4 Å². The molecule has 2 aliphatic heterocycles. The molecule has 2 aromatic carbocycles. The Bertz CT molecular complexity index is 936. The second-order valence-corrected chi connectivity index (χ2v) is 8.43. The van der Waals surface area contributed by atoms with Crippen LogP contribution in [0, 0.1) is 5.92 Å². The van der Waals surface area contributed by atoms with Crippen molar-refractivity contribution in [3.05, 3.63) is 66.9 Å². The van der Waals surface area contributed by atoms with E-state index in [4.69, 9.17) is 0 Å². The molecule has 5 rings (SSSR count). The van der Waals surface area contributed by atoms with Gasteiger partial charge in [-0.25, -0.2) is 0 Å². The molecule has 1 unspecified atom stereocenters. The lowest BCUT2D eigenvalue weighted by Gasteiger charge is -2.26. The third-order valence-electron chi connectivity index (χ3n) is 6.46. The van der Waals surface area contributed by atoms with Gasteiger partial charge in [0.1, 0.15) is 0 Å². The van der Waals surface area contributed by atoms with Crippen LogP contribution in [0.5, 0.6) is 0 Å². The Morgan fingerprint density at radius 2 is 1.69 bits per heavy atom. The van der Waals surface area contributed by atoms with Crippen LogP contribution < -0.4 is 9.80 Å². The number of nitrogens with zero attached hydrogens (tertiary/aromatic N) is 4. The average Bonchev–Trinajstić information content (AvgIpc) is 3.12. The van der Waals surface area contributed by atoms with Gasteiger partial charge in [0, 0.05) is 56.5 Å². The van der Waals surface area contributed by atoms with Crippen LogP contribution in [0.25, 0.3) is 10.9 Å². The van der Waals surface area contributed by atoms with Crippen LogP contribution in [0.2, 0.25) is 0 Å². The molecular weight excluding hydrogens is 356 g/mol. The first-order valence-electron chi connectivity index (χ1n) is 11.0. The lowest BCUT2D eigenvalue weighted by atomic mass is 10.1. The van der Waals surface area contributed by atoms with E-state index in [9.17, 15) is 0 Å². The highest BCUT2D eigenvalue weighted by Crippen LogP contribution is 2.27. The van der Waals surface area contributed by atoms with E-state index in [0.29, 0.717) is 0 Å². The Morgan fingerprint density at radius 3 is 2.62 bits per heavy atom. The van der Waals surface area contributed by atoms with Gasteiger partial charge in [-0.2, -0.15) is 0 Å². The molecule has 0 spiro atoms. The Morgan fingerprint density at radius 1 is 0.793 bits per heavy atom. The summed E-state index contributed by atoms with van der Waals surface area (Å²) in [4.78, 5) is 12.5. The summed E-state index contributed by atoms with van der Waals surface area (Å²) >= 11 is 0. The molecule has 1 atom stereocenters. The summed E-state index contributed by atoms with van der Waals surface area (Å²) < 4.78 is 0. The van der Waals surface area contributed by atoms with Gasteiger partial charge in [0.25, 0.3) is 0 Å². The lowest BCUT2D eigenvalue weighted by molar-refractivity contribution is 0.253. The number of fused-ring (bicyclic) bond motifs is 1. The number of pyridine rings is 1. The van der Waals surface area contributed by atoms with E-state index < -0.39 is 0 Å². The smallest absolute Gasteiger partial charge is 0.0935 e. The van der Waals surface area contributed by atoms with Crippen molar-refractivity contribution in [3.8, 4) is 0 Å². The van der Waals surface area contributed by atoms with Gasteiger partial charge in [-0.05, 0) is 49.6 Å². The molecule has 0 aliphatic carbocycles. The zero-order valence-electron chi connectivity index (χ0n) is 17.1. The van der Waals surface area contributed by atoms with E-state index in [1.54, 1.807) is 0 Å². The number of hydrogen-bond donors (Lipinski definition) is 0. The summed E-state index contributed by atoms with van der Waals surface area (Å²) in [6, 6.07) is 21.6. The summed E-state index contributed by atoms with van der Waals surface area (Å²) in [7, 11) is 0. The van der Waals surface area contributed by atoms with Crippen LogP contribution >= 0.6 is 0 Å². The van der Waals surface area contributed by atoms with E-state index in [0.717, 1.165) is 31.1 Å². The predicted molar refractivity (Wildman–Crippen MR) is 122 cm³/mol. The maximum Gasteiger partial charge on any atom is 0.0935 e. The van der Waals surface area contributed by atoms with Crippen LogP contribution in [-0.2, 0) is 0 Å². The lowest BCUT2D eigenvalue weighted by Crippen LogP contribution is -2.35. The monoisotopic (exact) mass is 386 g/mol. The van der Waals surface area contributed by atoms with E-state index >= 15 is 0 Å². The maximum atomic E-state index is 4.67. The number of aromatic nitrogens is 1. The SMILES string of the molecule is c1ccc(N2CCC(CN3CCCN(c4cccc5cccnc45)CC3)C2)cc1. The van der Waals surface area contributed by atoms with Crippen molar-refractivity contribution in [3.63, 3.8) is 0 Å². The second kappa shape index (κ2) is 8.42. The molecule has 1 aromatic heterocycles. The molecule has 3 aromatic rings. The van der Waals surface area contributed by atoms with E-state index in [1.807, 2.05) is 12.3 Å². The maximum absolute atomic E-state index is 4.67. The van der Waals surface area contributed by atoms with Gasteiger partial charge in [0.05, 0.1) is 11.2 Å². The van der Waals surface area contributed by atoms with Gasteiger partial charge in [-0.1, -0.05) is 36.4 Å². The van der Waals surface area contributed by atoms with Crippen LogP contribution in [-0.4, -0.2) is 55.7 Å². The highest BCUT2D eigenvalue weighted by atomic mass is 15.2. The summed E-state index contributed by atoms with van der Waals surface area (Å²) in [6.07, 6.45) is 4.44. The zero-order valence-corrected chi connectivity index (χ0v) is 17.1. The molecular formula is C25H30N4. The van der Waals surface area contributed by atoms with E-state index in [-0.39, 0.29) is 0 Å². The number of anilines is 2. The minimum Gasteiger partial charge on any atom is -0.371 e. The number of hydrogen-bond acceptors (Lipinski definition) is 4. The molecule has 0 amide bonds. The summed E-state index contributed by atoms with van der Waals surface area (Å²) in [5, 5.41) is 1.23. The molecule has 0 saturated carbocycles. The van der Waals surface area contributed by atoms with Crippen molar-refractivity contribution in [2.75, 3.05) is 55.6 Å². The normalized spacial score (nSPS) is 20.9.